The van der Waals surface area contributed by atoms with Crippen LogP contribution in [0.2, 0.25) is 0 Å². The predicted molar refractivity (Wildman–Crippen MR) is 64.4 cm³/mol. The first-order chi connectivity index (χ1) is 9.18. The van der Waals surface area contributed by atoms with Crippen LogP contribution >= 0.6 is 31.3 Å². The Morgan fingerprint density at radius 3 is 1.62 bits per heavy atom. The largest absolute Gasteiger partial charge is 0.490 e. The molecule has 0 heterocycles. The molecule has 0 rings (SSSR count). The normalized spacial score (nSPS) is 21.2. The molecule has 0 aromatic carbocycles. The van der Waals surface area contributed by atoms with Crippen molar-refractivity contribution in [3.63, 3.8) is 0 Å². The minimum Gasteiger partial charge on any atom is -0.330 e. The molecule has 14 nitrogen and oxygen atoms in total. The smallest absolute Gasteiger partial charge is 0.330 e. The van der Waals surface area contributed by atoms with E-state index in [1.807, 2.05) is 0 Å². The van der Waals surface area contributed by atoms with Gasteiger partial charge in [0.2, 0.25) is 0 Å². The van der Waals surface area contributed by atoms with Crippen LogP contribution in [0.3, 0.4) is 0 Å². The van der Waals surface area contributed by atoms with Crippen LogP contribution in [0.15, 0.2) is 0 Å². The van der Waals surface area contributed by atoms with Crippen LogP contribution < -0.4 is 5.73 Å². The van der Waals surface area contributed by atoms with Crippen molar-refractivity contribution in [2.45, 2.75) is 6.42 Å². The second-order valence-corrected chi connectivity index (χ2v) is 9.13. The first kappa shape index (κ1) is 21.5. The van der Waals surface area contributed by atoms with E-state index >= 15 is 0 Å². The number of nitrogens with two attached hydrogens (primary N) is 1. The lowest BCUT2D eigenvalue weighted by molar-refractivity contribution is 0.169. The molecule has 0 fully saturated rings. The monoisotopic (exact) mass is 395 g/mol. The molecule has 0 radical (unpaired) electrons. The molecule has 0 saturated heterocycles. The predicted octanol–water partition coefficient (Wildman–Crippen LogP) is -0.205. The molecule has 128 valence electrons. The summed E-state index contributed by atoms with van der Waals surface area (Å²) in [7, 11) is -22.2. The molecule has 0 amide bonds. The lowest BCUT2D eigenvalue weighted by Gasteiger charge is -2.18. The molecular formula is C3H13NO13P4. The molecule has 0 aliphatic carbocycles. The number of phosphoric acid groups is 4. The quantitative estimate of drug-likeness (QED) is 0.208. The van der Waals surface area contributed by atoms with Crippen molar-refractivity contribution in [3.8, 4) is 0 Å². The molecule has 0 aromatic rings. The van der Waals surface area contributed by atoms with E-state index in [2.05, 4.69) is 17.5 Å². The van der Waals surface area contributed by atoms with Crippen LogP contribution in [-0.2, 0) is 35.7 Å². The lowest BCUT2D eigenvalue weighted by atomic mass is 10.5. The van der Waals surface area contributed by atoms with E-state index in [0.29, 0.717) is 0 Å². The van der Waals surface area contributed by atoms with E-state index in [4.69, 9.17) is 30.2 Å². The SMILES string of the molecule is NCCCOP(=O)(O)OP(=O)(O)OP(=O)(O)OP(=O)(O)O. The van der Waals surface area contributed by atoms with Gasteiger partial charge in [0.1, 0.15) is 0 Å². The van der Waals surface area contributed by atoms with Gasteiger partial charge in [-0.25, -0.2) is 18.3 Å². The van der Waals surface area contributed by atoms with Gasteiger partial charge < -0.3 is 30.2 Å². The van der Waals surface area contributed by atoms with Crippen molar-refractivity contribution in [2.75, 3.05) is 13.2 Å². The summed E-state index contributed by atoms with van der Waals surface area (Å²) in [6.07, 6.45) is 0.0876. The molecular weight excluding hydrogens is 382 g/mol. The third kappa shape index (κ3) is 11.7. The number of phosphoric ester groups is 1. The van der Waals surface area contributed by atoms with Gasteiger partial charge in [0.05, 0.1) is 6.61 Å². The molecule has 7 N–H and O–H groups in total. The third-order valence-corrected chi connectivity index (χ3v) is 6.71. The van der Waals surface area contributed by atoms with Crippen LogP contribution in [0.1, 0.15) is 6.42 Å². The van der Waals surface area contributed by atoms with Crippen LogP contribution in [-0.4, -0.2) is 37.6 Å². The zero-order chi connectivity index (χ0) is 16.9. The maximum Gasteiger partial charge on any atom is 0.490 e. The highest BCUT2D eigenvalue weighted by Crippen LogP contribution is 2.70. The molecule has 0 spiro atoms. The first-order valence-corrected chi connectivity index (χ1v) is 10.7. The van der Waals surface area contributed by atoms with Gasteiger partial charge in [-0.15, -0.1) is 0 Å². The Morgan fingerprint density at radius 1 is 0.762 bits per heavy atom. The fraction of sp³-hybridized carbons (Fsp3) is 1.00. The van der Waals surface area contributed by atoms with Gasteiger partial charge in [-0.2, -0.15) is 12.9 Å². The Bertz CT molecular complexity index is 524. The Labute approximate surface area is 117 Å². The number of hydrogen-bond acceptors (Lipinski definition) is 9. The summed E-state index contributed by atoms with van der Waals surface area (Å²) in [6, 6.07) is 0. The van der Waals surface area contributed by atoms with Gasteiger partial charge >= 0.3 is 31.3 Å². The fourth-order valence-electron chi connectivity index (χ4n) is 0.712. The lowest BCUT2D eigenvalue weighted by Crippen LogP contribution is -2.04. The summed E-state index contributed by atoms with van der Waals surface area (Å²) in [6.45, 7) is -0.380. The topological polar surface area (TPSA) is 232 Å². The molecule has 3 unspecified atom stereocenters. The van der Waals surface area contributed by atoms with Crippen molar-refractivity contribution >= 4 is 31.3 Å². The van der Waals surface area contributed by atoms with Gasteiger partial charge in [0, 0.05) is 0 Å². The number of hydrogen-bond donors (Lipinski definition) is 6. The van der Waals surface area contributed by atoms with Gasteiger partial charge in [-0.1, -0.05) is 0 Å². The third-order valence-electron chi connectivity index (χ3n) is 1.23. The summed E-state index contributed by atoms with van der Waals surface area (Å²) in [4.78, 5) is 43.2. The average molecular weight is 395 g/mol. The van der Waals surface area contributed by atoms with E-state index in [1.165, 1.54) is 0 Å². The summed E-state index contributed by atoms with van der Waals surface area (Å²) < 4.78 is 57.9. The second kappa shape index (κ2) is 7.87. The van der Waals surface area contributed by atoms with E-state index in [0.717, 1.165) is 0 Å². The van der Waals surface area contributed by atoms with Gasteiger partial charge in [0.25, 0.3) is 0 Å². The summed E-state index contributed by atoms with van der Waals surface area (Å²) in [5, 5.41) is 0. The highest BCUT2D eigenvalue weighted by molar-refractivity contribution is 7.69. The van der Waals surface area contributed by atoms with Gasteiger partial charge in [-0.05, 0) is 13.0 Å². The first-order valence-electron chi connectivity index (χ1n) is 4.71. The van der Waals surface area contributed by atoms with E-state index < -0.39 is 37.9 Å². The van der Waals surface area contributed by atoms with E-state index in [-0.39, 0.29) is 13.0 Å². The Morgan fingerprint density at radius 2 is 1.19 bits per heavy atom. The molecule has 0 aromatic heterocycles. The van der Waals surface area contributed by atoms with Crippen LogP contribution in [0.25, 0.3) is 0 Å². The summed E-state index contributed by atoms with van der Waals surface area (Å²) >= 11 is 0. The zero-order valence-corrected chi connectivity index (χ0v) is 13.6. The Hall–Kier alpha value is 0.520. The molecule has 3 atom stereocenters. The molecule has 0 bridgehead atoms. The van der Waals surface area contributed by atoms with Gasteiger partial charge in [-0.3, -0.25) is 4.52 Å². The summed E-state index contributed by atoms with van der Waals surface area (Å²) in [5.41, 5.74) is 5.05. The molecule has 0 aliphatic rings. The van der Waals surface area contributed by atoms with Crippen molar-refractivity contribution < 1.29 is 60.2 Å². The van der Waals surface area contributed by atoms with Crippen molar-refractivity contribution in [2.24, 2.45) is 5.73 Å². The average Bonchev–Trinajstić information content (AvgIpc) is 2.08. The zero-order valence-electron chi connectivity index (χ0n) is 9.99. The van der Waals surface area contributed by atoms with Crippen LogP contribution in [0, 0.1) is 0 Å². The maximum absolute atomic E-state index is 11.2. The highest BCUT2D eigenvalue weighted by atomic mass is 31.3. The van der Waals surface area contributed by atoms with Crippen LogP contribution in [0.5, 0.6) is 0 Å². The molecule has 0 aliphatic heterocycles. The second-order valence-electron chi connectivity index (χ2n) is 3.12. The summed E-state index contributed by atoms with van der Waals surface area (Å²) in [5.74, 6) is 0. The van der Waals surface area contributed by atoms with Crippen molar-refractivity contribution in [3.05, 3.63) is 0 Å². The molecule has 18 heteroatoms. The minimum atomic E-state index is -5.76. The van der Waals surface area contributed by atoms with Crippen LogP contribution in [0.4, 0.5) is 0 Å². The molecule has 21 heavy (non-hydrogen) atoms. The fourth-order valence-corrected chi connectivity index (χ4v) is 5.20. The Balaban J connectivity index is 4.76. The van der Waals surface area contributed by atoms with Crippen molar-refractivity contribution in [1.29, 1.82) is 0 Å². The Kier molecular flexibility index (Phi) is 8.06. The minimum absolute atomic E-state index is 0.0647. The van der Waals surface area contributed by atoms with Crippen molar-refractivity contribution in [1.82, 2.24) is 0 Å². The van der Waals surface area contributed by atoms with Gasteiger partial charge in [0.15, 0.2) is 0 Å². The maximum atomic E-state index is 11.2. The van der Waals surface area contributed by atoms with E-state index in [9.17, 15) is 18.3 Å². The molecule has 0 saturated carbocycles. The van der Waals surface area contributed by atoms with E-state index in [1.54, 1.807) is 0 Å². The number of rotatable bonds is 10. The standard InChI is InChI=1S/C3H13NO13P4/c4-2-1-3-14-19(8,9)16-21(12,13)17-20(10,11)15-18(5,6)7/h1-4H2,(H,8,9)(H,10,11)(H,12,13)(H2,5,6,7). The highest BCUT2D eigenvalue weighted by Gasteiger charge is 2.44.